The number of benzene rings is 2. The number of urea groups is 1. The molecular weight excluding hydrogens is 473 g/mol. The number of aryl methyl sites for hydroxylation is 1. The van der Waals surface area contributed by atoms with Gasteiger partial charge in [0.05, 0.1) is 24.9 Å². The number of carbonyl (C=O) groups is 1. The largest absolute Gasteiger partial charge is 0.494 e. The highest BCUT2D eigenvalue weighted by Gasteiger charge is 2.36. The number of nitrogens with one attached hydrogen (secondary N) is 1. The zero-order valence-electron chi connectivity index (χ0n) is 20.2. The molecule has 184 valence electrons. The number of hydrogen-bond acceptors (Lipinski definition) is 3. The molecule has 0 fully saturated rings. The number of fused-ring (bicyclic) bond motifs is 5. The minimum atomic E-state index is -0.331. The number of aromatic nitrogens is 1. The van der Waals surface area contributed by atoms with Gasteiger partial charge < -0.3 is 19.5 Å². The van der Waals surface area contributed by atoms with Crippen LogP contribution in [0.4, 0.5) is 14.9 Å². The van der Waals surface area contributed by atoms with E-state index in [4.69, 9.17) is 4.74 Å². The predicted molar refractivity (Wildman–Crippen MR) is 141 cm³/mol. The Morgan fingerprint density at radius 3 is 2.61 bits per heavy atom. The van der Waals surface area contributed by atoms with Crippen molar-refractivity contribution in [2.45, 2.75) is 45.2 Å². The van der Waals surface area contributed by atoms with Gasteiger partial charge in [-0.2, -0.15) is 0 Å². The zero-order chi connectivity index (χ0) is 24.6. The molecular formula is C29H28FN3O2S. The van der Waals surface area contributed by atoms with Crippen LogP contribution in [0, 0.1) is 5.82 Å². The molecule has 2 amide bonds. The Bertz CT molecular complexity index is 1390. The molecule has 4 aromatic rings. The van der Waals surface area contributed by atoms with E-state index < -0.39 is 0 Å². The lowest BCUT2D eigenvalue weighted by Crippen LogP contribution is -2.38. The van der Waals surface area contributed by atoms with Gasteiger partial charge in [0.1, 0.15) is 16.6 Å². The lowest BCUT2D eigenvalue weighted by molar-refractivity contribution is 0.194. The van der Waals surface area contributed by atoms with Crippen LogP contribution in [0.5, 0.6) is 5.75 Å². The SMILES string of the molecule is CCOc1ccc([C@@H]2c3cccn3-c3sc4c(c3CN2C(=O)Nc2ccc(F)cc2)CCCC4)cc1. The summed E-state index contributed by atoms with van der Waals surface area (Å²) in [7, 11) is 0. The third kappa shape index (κ3) is 4.07. The molecule has 6 rings (SSSR count). The van der Waals surface area contributed by atoms with Crippen LogP contribution in [0.25, 0.3) is 5.00 Å². The van der Waals surface area contributed by atoms with Crippen LogP contribution >= 0.6 is 11.3 Å². The predicted octanol–water partition coefficient (Wildman–Crippen LogP) is 7.09. The van der Waals surface area contributed by atoms with Crippen LogP contribution in [0.3, 0.4) is 0 Å². The van der Waals surface area contributed by atoms with E-state index in [1.54, 1.807) is 12.1 Å². The van der Waals surface area contributed by atoms with Gasteiger partial charge >= 0.3 is 6.03 Å². The van der Waals surface area contributed by atoms with Crippen molar-refractivity contribution in [1.82, 2.24) is 9.47 Å². The average Bonchev–Trinajstić information content (AvgIpc) is 3.48. The van der Waals surface area contributed by atoms with Crippen molar-refractivity contribution in [3.8, 4) is 10.8 Å². The number of nitrogens with zero attached hydrogens (tertiary/aromatic N) is 2. The van der Waals surface area contributed by atoms with Crippen molar-refractivity contribution in [3.63, 3.8) is 0 Å². The molecule has 7 heteroatoms. The number of rotatable bonds is 4. The van der Waals surface area contributed by atoms with Gasteiger partial charge in [-0.15, -0.1) is 11.3 Å². The first-order valence-electron chi connectivity index (χ1n) is 12.5. The summed E-state index contributed by atoms with van der Waals surface area (Å²) >= 11 is 1.87. The molecule has 2 aromatic heterocycles. The van der Waals surface area contributed by atoms with Gasteiger partial charge in [-0.05, 0) is 92.3 Å². The van der Waals surface area contributed by atoms with Gasteiger partial charge in [0.2, 0.25) is 0 Å². The van der Waals surface area contributed by atoms with Gasteiger partial charge in [-0.25, -0.2) is 9.18 Å². The molecule has 0 unspecified atom stereocenters. The summed E-state index contributed by atoms with van der Waals surface area (Å²) in [5.74, 6) is 0.475. The molecule has 1 atom stereocenters. The maximum absolute atomic E-state index is 13.9. The Morgan fingerprint density at radius 1 is 1.06 bits per heavy atom. The van der Waals surface area contributed by atoms with Crippen LogP contribution in [0.1, 0.15) is 53.1 Å². The third-order valence-electron chi connectivity index (χ3n) is 7.04. The normalized spacial score (nSPS) is 16.5. The lowest BCUT2D eigenvalue weighted by atomic mass is 9.95. The molecule has 0 saturated heterocycles. The topological polar surface area (TPSA) is 46.5 Å². The Kier molecular flexibility index (Phi) is 6.01. The number of halogens is 1. The molecule has 2 aromatic carbocycles. The molecule has 1 N–H and O–H groups in total. The standard InChI is InChI=1S/C29H28FN3O2S/c1-2-35-22-15-9-19(10-16-22)27-25-7-5-17-32(25)28-24(23-6-3-4-8-26(23)36-28)18-33(27)29(34)31-21-13-11-20(30)12-14-21/h5,7,9-17,27H,2-4,6,8,18H2,1H3,(H,31,34)/t27-/m1/s1. The average molecular weight is 502 g/mol. The lowest BCUT2D eigenvalue weighted by Gasteiger charge is -2.31. The maximum atomic E-state index is 13.9. The van der Waals surface area contributed by atoms with Crippen molar-refractivity contribution in [2.75, 3.05) is 11.9 Å². The van der Waals surface area contributed by atoms with E-state index in [1.165, 1.54) is 46.0 Å². The smallest absolute Gasteiger partial charge is 0.322 e. The fourth-order valence-electron chi connectivity index (χ4n) is 5.38. The van der Waals surface area contributed by atoms with Crippen LogP contribution in [0.15, 0.2) is 66.9 Å². The second kappa shape index (κ2) is 9.47. The summed E-state index contributed by atoms with van der Waals surface area (Å²) in [6.45, 7) is 3.07. The Balaban J connectivity index is 1.46. The molecule has 0 saturated carbocycles. The zero-order valence-corrected chi connectivity index (χ0v) is 21.0. The van der Waals surface area contributed by atoms with Crippen LogP contribution in [-0.2, 0) is 19.4 Å². The van der Waals surface area contributed by atoms with E-state index in [0.717, 1.165) is 29.8 Å². The number of thiophene rings is 1. The maximum Gasteiger partial charge on any atom is 0.322 e. The summed E-state index contributed by atoms with van der Waals surface area (Å²) < 4.78 is 21.4. The van der Waals surface area contributed by atoms with Gasteiger partial charge in [-0.1, -0.05) is 12.1 Å². The van der Waals surface area contributed by atoms with E-state index >= 15 is 0 Å². The van der Waals surface area contributed by atoms with Crippen molar-refractivity contribution >= 4 is 23.1 Å². The van der Waals surface area contributed by atoms with Crippen molar-refractivity contribution < 1.29 is 13.9 Å². The van der Waals surface area contributed by atoms with Crippen LogP contribution < -0.4 is 10.1 Å². The van der Waals surface area contributed by atoms with E-state index in [9.17, 15) is 9.18 Å². The first-order valence-corrected chi connectivity index (χ1v) is 13.3. The minimum absolute atomic E-state index is 0.211. The molecule has 1 aliphatic heterocycles. The summed E-state index contributed by atoms with van der Waals surface area (Å²) in [6, 6.07) is 17.6. The highest BCUT2D eigenvalue weighted by molar-refractivity contribution is 7.15. The van der Waals surface area contributed by atoms with Gasteiger partial charge in [0.25, 0.3) is 0 Å². The number of carbonyl (C=O) groups excluding carboxylic acids is 1. The molecule has 0 spiro atoms. The quantitative estimate of drug-likeness (QED) is 0.324. The van der Waals surface area contributed by atoms with E-state index in [1.807, 2.05) is 47.4 Å². The molecule has 2 aliphatic rings. The number of hydrogen-bond donors (Lipinski definition) is 1. The molecule has 5 nitrogen and oxygen atoms in total. The van der Waals surface area contributed by atoms with Crippen molar-refractivity contribution in [1.29, 1.82) is 0 Å². The van der Waals surface area contributed by atoms with Crippen molar-refractivity contribution in [3.05, 3.63) is 99.9 Å². The van der Waals surface area contributed by atoms with E-state index in [2.05, 4.69) is 28.2 Å². The summed E-state index contributed by atoms with van der Waals surface area (Å²) in [6.07, 6.45) is 6.67. The third-order valence-corrected chi connectivity index (χ3v) is 8.38. The Labute approximate surface area is 214 Å². The second-order valence-corrected chi connectivity index (χ2v) is 10.4. The first kappa shape index (κ1) is 22.9. The fourth-order valence-corrected chi connectivity index (χ4v) is 6.78. The Morgan fingerprint density at radius 2 is 1.83 bits per heavy atom. The summed E-state index contributed by atoms with van der Waals surface area (Å²) in [5.41, 5.74) is 5.28. The number of ether oxygens (including phenoxy) is 1. The molecule has 0 radical (unpaired) electrons. The molecule has 0 bridgehead atoms. The van der Waals surface area contributed by atoms with E-state index in [0.29, 0.717) is 18.8 Å². The highest BCUT2D eigenvalue weighted by Crippen LogP contribution is 2.44. The summed E-state index contributed by atoms with van der Waals surface area (Å²) in [4.78, 5) is 17.2. The van der Waals surface area contributed by atoms with Crippen LogP contribution in [0.2, 0.25) is 0 Å². The Hall–Kier alpha value is -3.58. The highest BCUT2D eigenvalue weighted by atomic mass is 32.1. The molecule has 3 heterocycles. The first-order chi connectivity index (χ1) is 17.6. The van der Waals surface area contributed by atoms with Gasteiger partial charge in [0, 0.05) is 22.3 Å². The molecule has 1 aliphatic carbocycles. The van der Waals surface area contributed by atoms with Gasteiger partial charge in [-0.3, -0.25) is 0 Å². The van der Waals surface area contributed by atoms with Crippen LogP contribution in [-0.4, -0.2) is 22.1 Å². The number of amides is 2. The van der Waals surface area contributed by atoms with Crippen molar-refractivity contribution in [2.24, 2.45) is 0 Å². The van der Waals surface area contributed by atoms with E-state index in [-0.39, 0.29) is 17.9 Å². The second-order valence-electron chi connectivity index (χ2n) is 9.27. The molecule has 36 heavy (non-hydrogen) atoms. The van der Waals surface area contributed by atoms with Gasteiger partial charge in [0.15, 0.2) is 0 Å². The fraction of sp³-hybridized carbons (Fsp3) is 0.276. The monoisotopic (exact) mass is 501 g/mol. The summed E-state index contributed by atoms with van der Waals surface area (Å²) in [5, 5.41) is 4.23. The number of anilines is 1. The minimum Gasteiger partial charge on any atom is -0.494 e.